The van der Waals surface area contributed by atoms with Crippen molar-refractivity contribution < 1.29 is 24.9 Å². The molecule has 1 heterocycles. The minimum absolute atomic E-state index is 0.278. The van der Waals surface area contributed by atoms with Crippen LogP contribution in [0, 0.1) is 11.8 Å². The Morgan fingerprint density at radius 3 is 2.60 bits per heavy atom. The van der Waals surface area contributed by atoms with Gasteiger partial charge in [0.2, 0.25) is 0 Å². The standard InChI is InChI=1S/C15H20O5/c1-8-9-4-5-14(3,18)15(19)7-6-13(2,17)11(15)10(9)20-12(8)16/h6-7,9-11,17-19H,1,4-5H2,2-3H3/t9-,10-,11-,13-,14-,15-/m1/s1. The molecular weight excluding hydrogens is 260 g/mol. The molecule has 0 unspecified atom stereocenters. The van der Waals surface area contributed by atoms with Crippen molar-refractivity contribution in [1.82, 2.24) is 0 Å². The number of ether oxygens (including phenoxy) is 1. The summed E-state index contributed by atoms with van der Waals surface area (Å²) in [4.78, 5) is 11.8. The van der Waals surface area contributed by atoms with E-state index < -0.39 is 34.8 Å². The van der Waals surface area contributed by atoms with Crippen LogP contribution in [0.4, 0.5) is 0 Å². The van der Waals surface area contributed by atoms with Crippen LogP contribution in [-0.2, 0) is 9.53 Å². The molecule has 2 fully saturated rings. The van der Waals surface area contributed by atoms with E-state index in [0.29, 0.717) is 18.4 Å². The summed E-state index contributed by atoms with van der Waals surface area (Å²) in [6.07, 6.45) is 3.04. The van der Waals surface area contributed by atoms with Gasteiger partial charge in [-0.25, -0.2) is 4.79 Å². The smallest absolute Gasteiger partial charge is 0.334 e. The van der Waals surface area contributed by atoms with E-state index in [0.717, 1.165) is 0 Å². The second-order valence-electron chi connectivity index (χ2n) is 6.68. The average Bonchev–Trinajstić information content (AvgIpc) is 2.70. The number of hydrogen-bond donors (Lipinski definition) is 3. The van der Waals surface area contributed by atoms with E-state index in [1.54, 1.807) is 13.8 Å². The molecule has 0 aromatic carbocycles. The zero-order valence-electron chi connectivity index (χ0n) is 11.7. The fourth-order valence-corrected chi connectivity index (χ4v) is 3.95. The third-order valence-corrected chi connectivity index (χ3v) is 5.26. The van der Waals surface area contributed by atoms with Gasteiger partial charge in [0.15, 0.2) is 0 Å². The van der Waals surface area contributed by atoms with E-state index >= 15 is 0 Å². The Labute approximate surface area is 117 Å². The van der Waals surface area contributed by atoms with Crippen molar-refractivity contribution in [2.45, 2.75) is 49.6 Å². The summed E-state index contributed by atoms with van der Waals surface area (Å²) in [6.45, 7) is 6.86. The largest absolute Gasteiger partial charge is 0.458 e. The topological polar surface area (TPSA) is 87.0 Å². The van der Waals surface area contributed by atoms with Gasteiger partial charge in [0, 0.05) is 11.5 Å². The summed E-state index contributed by atoms with van der Waals surface area (Å²) in [5.74, 6) is -1.56. The molecule has 5 heteroatoms. The molecule has 3 rings (SSSR count). The zero-order valence-corrected chi connectivity index (χ0v) is 11.7. The first-order valence-electron chi connectivity index (χ1n) is 6.87. The van der Waals surface area contributed by atoms with Gasteiger partial charge in [-0.05, 0) is 26.7 Å². The van der Waals surface area contributed by atoms with Gasteiger partial charge in [-0.2, -0.15) is 0 Å². The number of hydrogen-bond acceptors (Lipinski definition) is 5. The fraction of sp³-hybridized carbons (Fsp3) is 0.667. The van der Waals surface area contributed by atoms with Crippen LogP contribution in [0.25, 0.3) is 0 Å². The lowest BCUT2D eigenvalue weighted by atomic mass is 9.70. The Bertz CT molecular complexity index is 518. The van der Waals surface area contributed by atoms with E-state index in [4.69, 9.17) is 4.74 Å². The molecule has 1 saturated carbocycles. The lowest BCUT2D eigenvalue weighted by Crippen LogP contribution is -2.60. The van der Waals surface area contributed by atoms with E-state index in [1.807, 2.05) is 0 Å². The van der Waals surface area contributed by atoms with Gasteiger partial charge in [-0.15, -0.1) is 0 Å². The highest BCUT2D eigenvalue weighted by molar-refractivity contribution is 5.91. The van der Waals surface area contributed by atoms with Crippen LogP contribution in [-0.4, -0.2) is 44.2 Å². The molecule has 6 atom stereocenters. The van der Waals surface area contributed by atoms with Crippen molar-refractivity contribution in [2.75, 3.05) is 0 Å². The van der Waals surface area contributed by atoms with Crippen LogP contribution >= 0.6 is 0 Å². The number of esters is 1. The maximum Gasteiger partial charge on any atom is 0.334 e. The zero-order chi connectivity index (χ0) is 14.9. The van der Waals surface area contributed by atoms with Gasteiger partial charge in [0.05, 0.1) is 17.1 Å². The van der Waals surface area contributed by atoms with E-state index in [1.165, 1.54) is 12.2 Å². The highest BCUT2D eigenvalue weighted by Gasteiger charge is 2.66. The minimum Gasteiger partial charge on any atom is -0.458 e. The number of carbonyl (C=O) groups excluding carboxylic acids is 1. The minimum atomic E-state index is -1.62. The third-order valence-electron chi connectivity index (χ3n) is 5.26. The maximum atomic E-state index is 11.8. The van der Waals surface area contributed by atoms with Crippen LogP contribution in [0.1, 0.15) is 26.7 Å². The van der Waals surface area contributed by atoms with E-state index in [2.05, 4.69) is 6.58 Å². The molecule has 0 aromatic heterocycles. The average molecular weight is 280 g/mol. The van der Waals surface area contributed by atoms with Crippen molar-refractivity contribution in [3.63, 3.8) is 0 Å². The number of rotatable bonds is 0. The van der Waals surface area contributed by atoms with Crippen LogP contribution < -0.4 is 0 Å². The molecule has 0 radical (unpaired) electrons. The maximum absolute atomic E-state index is 11.8. The van der Waals surface area contributed by atoms with Gasteiger partial charge < -0.3 is 20.1 Å². The summed E-state index contributed by atoms with van der Waals surface area (Å²) >= 11 is 0. The van der Waals surface area contributed by atoms with Gasteiger partial charge in [-0.3, -0.25) is 0 Å². The van der Waals surface area contributed by atoms with Crippen molar-refractivity contribution in [2.24, 2.45) is 11.8 Å². The third kappa shape index (κ3) is 1.51. The normalized spacial score (nSPS) is 54.4. The monoisotopic (exact) mass is 280 g/mol. The molecule has 2 aliphatic carbocycles. The molecule has 0 spiro atoms. The summed E-state index contributed by atoms with van der Waals surface area (Å²) < 4.78 is 5.36. The molecule has 5 nitrogen and oxygen atoms in total. The van der Waals surface area contributed by atoms with Crippen LogP contribution in [0.3, 0.4) is 0 Å². The number of aliphatic hydroxyl groups is 3. The summed E-state index contributed by atoms with van der Waals surface area (Å²) in [5, 5.41) is 32.1. The molecule has 0 amide bonds. The van der Waals surface area contributed by atoms with Gasteiger partial charge >= 0.3 is 5.97 Å². The van der Waals surface area contributed by atoms with Crippen LogP contribution in [0.2, 0.25) is 0 Å². The predicted octanol–water partition coefficient (Wildman–Crippen LogP) is 0.297. The number of carbonyl (C=O) groups is 1. The molecule has 3 N–H and O–H groups in total. The summed E-state index contributed by atoms with van der Waals surface area (Å²) in [7, 11) is 0. The SMILES string of the molecule is C=C1C(=O)O[C@@H]2[C@@H]1CC[C@@](C)(O)[C@@]1(O)C=C[C@@](C)(O)[C@@H]21. The summed E-state index contributed by atoms with van der Waals surface area (Å²) in [6, 6.07) is 0. The molecule has 110 valence electrons. The quantitative estimate of drug-likeness (QED) is 0.337. The Hall–Kier alpha value is -1.17. The Morgan fingerprint density at radius 1 is 1.30 bits per heavy atom. The molecule has 3 aliphatic rings. The van der Waals surface area contributed by atoms with Crippen LogP contribution in [0.15, 0.2) is 24.3 Å². The lowest BCUT2D eigenvalue weighted by molar-refractivity contribution is -0.189. The van der Waals surface area contributed by atoms with Crippen molar-refractivity contribution >= 4 is 5.97 Å². The molecule has 0 bridgehead atoms. The van der Waals surface area contributed by atoms with Crippen LogP contribution in [0.5, 0.6) is 0 Å². The second-order valence-corrected chi connectivity index (χ2v) is 6.68. The first-order chi connectivity index (χ1) is 9.10. The molecule has 20 heavy (non-hydrogen) atoms. The highest BCUT2D eigenvalue weighted by atomic mass is 16.6. The lowest BCUT2D eigenvalue weighted by Gasteiger charge is -2.44. The summed E-state index contributed by atoms with van der Waals surface area (Å²) in [5.41, 5.74) is -4.01. The fourth-order valence-electron chi connectivity index (χ4n) is 3.95. The Morgan fingerprint density at radius 2 is 1.95 bits per heavy atom. The number of fused-ring (bicyclic) bond motifs is 3. The van der Waals surface area contributed by atoms with E-state index in [-0.39, 0.29) is 5.92 Å². The second kappa shape index (κ2) is 3.72. The van der Waals surface area contributed by atoms with E-state index in [9.17, 15) is 20.1 Å². The molecule has 1 saturated heterocycles. The van der Waals surface area contributed by atoms with Crippen molar-refractivity contribution in [1.29, 1.82) is 0 Å². The first-order valence-corrected chi connectivity index (χ1v) is 6.87. The molecular formula is C15H20O5. The van der Waals surface area contributed by atoms with Crippen molar-refractivity contribution in [3.05, 3.63) is 24.3 Å². The van der Waals surface area contributed by atoms with Crippen molar-refractivity contribution in [3.8, 4) is 0 Å². The van der Waals surface area contributed by atoms with Gasteiger partial charge in [-0.1, -0.05) is 18.7 Å². The molecule has 1 aliphatic heterocycles. The highest BCUT2D eigenvalue weighted by Crippen LogP contribution is 2.54. The van der Waals surface area contributed by atoms with Gasteiger partial charge in [0.1, 0.15) is 11.7 Å². The first kappa shape index (κ1) is 13.8. The predicted molar refractivity (Wildman–Crippen MR) is 70.6 cm³/mol. The molecule has 0 aromatic rings. The van der Waals surface area contributed by atoms with Gasteiger partial charge in [0.25, 0.3) is 0 Å². The Balaban J connectivity index is 2.13. The Kier molecular flexibility index (Phi) is 2.57.